The van der Waals surface area contributed by atoms with Crippen LogP contribution < -0.4 is 20.5 Å². The van der Waals surface area contributed by atoms with Crippen LogP contribution in [-0.2, 0) is 0 Å². The quantitative estimate of drug-likeness (QED) is 0.217. The first kappa shape index (κ1) is 20.8. The molecule has 3 heterocycles. The van der Waals surface area contributed by atoms with E-state index in [2.05, 4.69) is 0 Å². The largest absolute Gasteiger partial charge is 0.456 e. The zero-order valence-corrected chi connectivity index (χ0v) is 19.8. The first-order chi connectivity index (χ1) is 18.7. The van der Waals surface area contributed by atoms with Gasteiger partial charge in [0.2, 0.25) is 10.9 Å². The van der Waals surface area contributed by atoms with Crippen molar-refractivity contribution in [1.82, 2.24) is 0 Å². The Bertz CT molecular complexity index is 2180. The van der Waals surface area contributed by atoms with Crippen molar-refractivity contribution in [3.63, 3.8) is 0 Å². The summed E-state index contributed by atoms with van der Waals surface area (Å²) in [6.45, 7) is 0. The molecule has 0 radical (unpaired) electrons. The number of hydrogen-bond donors (Lipinski definition) is 0. The Morgan fingerprint density at radius 1 is 0.474 bits per heavy atom. The van der Waals surface area contributed by atoms with E-state index in [1.54, 1.807) is 36.4 Å². The fraction of sp³-hybridized carbons (Fsp3) is 0. The van der Waals surface area contributed by atoms with Crippen LogP contribution in [0.15, 0.2) is 122 Å². The summed E-state index contributed by atoms with van der Waals surface area (Å²) in [6.07, 6.45) is 0. The van der Waals surface area contributed by atoms with Gasteiger partial charge in [-0.3, -0.25) is 9.59 Å². The molecule has 0 fully saturated rings. The zero-order chi connectivity index (χ0) is 25.4. The molecule has 0 unspecified atom stereocenters. The van der Waals surface area contributed by atoms with Gasteiger partial charge in [-0.1, -0.05) is 42.5 Å². The second kappa shape index (κ2) is 7.57. The van der Waals surface area contributed by atoms with Crippen molar-refractivity contribution >= 4 is 60.9 Å². The third kappa shape index (κ3) is 2.82. The number of nitrogens with zero attached hydrogens (tertiary/aromatic N) is 1. The van der Waals surface area contributed by atoms with Crippen molar-refractivity contribution in [1.29, 1.82) is 0 Å². The summed E-state index contributed by atoms with van der Waals surface area (Å²) in [5.41, 5.74) is 3.48. The third-order valence-corrected chi connectivity index (χ3v) is 7.05. The fourth-order valence-corrected chi connectivity index (χ4v) is 5.33. The monoisotopic (exact) mass is 495 g/mol. The van der Waals surface area contributed by atoms with E-state index in [0.29, 0.717) is 61.1 Å². The Morgan fingerprint density at radius 2 is 1.03 bits per heavy atom. The van der Waals surface area contributed by atoms with Crippen LogP contribution in [0.3, 0.4) is 0 Å². The summed E-state index contributed by atoms with van der Waals surface area (Å²) in [4.78, 5) is 29.3. The van der Waals surface area contributed by atoms with Crippen molar-refractivity contribution in [3.8, 4) is 11.5 Å². The maximum absolute atomic E-state index is 14.1. The highest BCUT2D eigenvalue weighted by atomic mass is 16.5. The van der Waals surface area contributed by atoms with E-state index in [0.717, 1.165) is 11.4 Å². The van der Waals surface area contributed by atoms with Gasteiger partial charge in [-0.15, -0.1) is 0 Å². The molecule has 0 N–H and O–H groups in total. The molecule has 2 aromatic heterocycles. The van der Waals surface area contributed by atoms with Crippen LogP contribution in [-0.4, -0.2) is 0 Å². The van der Waals surface area contributed by atoms with Crippen LogP contribution in [0.1, 0.15) is 0 Å². The van der Waals surface area contributed by atoms with E-state index in [4.69, 9.17) is 13.6 Å². The molecule has 6 heteroatoms. The molecule has 0 saturated carbocycles. The van der Waals surface area contributed by atoms with Crippen LogP contribution in [0.4, 0.5) is 17.1 Å². The molecule has 38 heavy (non-hydrogen) atoms. The molecule has 7 aromatic rings. The maximum atomic E-state index is 14.1. The molecule has 0 amide bonds. The lowest BCUT2D eigenvalue weighted by Gasteiger charge is -2.33. The van der Waals surface area contributed by atoms with Crippen LogP contribution in [0, 0.1) is 0 Å². The van der Waals surface area contributed by atoms with Crippen molar-refractivity contribution in [2.75, 3.05) is 4.90 Å². The molecule has 6 nitrogen and oxygen atoms in total. The zero-order valence-electron chi connectivity index (χ0n) is 19.8. The Labute approximate surface area is 214 Å². The number of para-hydroxylation sites is 5. The van der Waals surface area contributed by atoms with Gasteiger partial charge in [-0.25, -0.2) is 0 Å². The summed E-state index contributed by atoms with van der Waals surface area (Å²) in [5.74, 6) is 1.38. The number of ether oxygens (including phenoxy) is 1. The lowest BCUT2D eigenvalue weighted by molar-refractivity contribution is 0.477. The highest BCUT2D eigenvalue weighted by molar-refractivity contribution is 6.05. The predicted molar refractivity (Wildman–Crippen MR) is 148 cm³/mol. The van der Waals surface area contributed by atoms with E-state index < -0.39 is 0 Å². The highest BCUT2D eigenvalue weighted by Gasteiger charge is 2.28. The minimum absolute atomic E-state index is 0.165. The number of anilines is 3. The molecule has 1 aliphatic heterocycles. The van der Waals surface area contributed by atoms with Crippen molar-refractivity contribution in [2.24, 2.45) is 0 Å². The number of rotatable bonds is 1. The minimum atomic E-state index is -0.212. The lowest BCUT2D eigenvalue weighted by atomic mass is 10.0. The first-order valence-electron chi connectivity index (χ1n) is 12.2. The molecule has 8 rings (SSSR count). The standard InChI is InChI=1S/C32H17NO5/c34-31-18-8-1-4-12-24(18)36-28-17-20-29(16-19(28)31)38-27-15-7-11-23(30(27)32(20)35)33-21-9-2-5-13-25(21)37-26-14-6-3-10-22(26)33/h1-17H. The molecule has 5 aromatic carbocycles. The molecule has 0 bridgehead atoms. The number of hydrogen-bond acceptors (Lipinski definition) is 6. The van der Waals surface area contributed by atoms with Crippen molar-refractivity contribution in [3.05, 3.63) is 124 Å². The van der Waals surface area contributed by atoms with E-state index in [-0.39, 0.29) is 10.9 Å². The van der Waals surface area contributed by atoms with Gasteiger partial charge >= 0.3 is 0 Å². The number of benzene rings is 5. The van der Waals surface area contributed by atoms with Gasteiger partial charge in [-0.05, 0) is 60.7 Å². The molecular formula is C32H17NO5. The molecular weight excluding hydrogens is 478 g/mol. The summed E-state index contributed by atoms with van der Waals surface area (Å²) in [6, 6.07) is 31.2. The lowest BCUT2D eigenvalue weighted by Crippen LogP contribution is -2.18. The maximum Gasteiger partial charge on any atom is 0.202 e. The average molecular weight is 495 g/mol. The van der Waals surface area contributed by atoms with Gasteiger partial charge in [0.25, 0.3) is 0 Å². The summed E-state index contributed by atoms with van der Waals surface area (Å²) in [7, 11) is 0. The third-order valence-electron chi connectivity index (χ3n) is 7.05. The molecule has 180 valence electrons. The Balaban J connectivity index is 1.47. The second-order valence-electron chi connectivity index (χ2n) is 9.23. The summed E-state index contributed by atoms with van der Waals surface area (Å²) in [5, 5.41) is 1.61. The Morgan fingerprint density at radius 3 is 1.76 bits per heavy atom. The van der Waals surface area contributed by atoms with Crippen molar-refractivity contribution in [2.45, 2.75) is 0 Å². The molecule has 0 saturated heterocycles. The van der Waals surface area contributed by atoms with E-state index in [1.165, 1.54) is 0 Å². The normalized spacial score (nSPS) is 12.6. The fourth-order valence-electron chi connectivity index (χ4n) is 5.33. The molecule has 0 spiro atoms. The average Bonchev–Trinajstić information content (AvgIpc) is 2.95. The van der Waals surface area contributed by atoms with E-state index >= 15 is 0 Å². The van der Waals surface area contributed by atoms with Crippen LogP contribution in [0.25, 0.3) is 43.9 Å². The topological polar surface area (TPSA) is 72.9 Å². The van der Waals surface area contributed by atoms with Gasteiger partial charge in [0, 0.05) is 0 Å². The Kier molecular flexibility index (Phi) is 4.14. The van der Waals surface area contributed by atoms with Gasteiger partial charge in [0.15, 0.2) is 11.5 Å². The van der Waals surface area contributed by atoms with Crippen LogP contribution in [0.2, 0.25) is 0 Å². The van der Waals surface area contributed by atoms with Gasteiger partial charge in [0.05, 0.1) is 38.6 Å². The van der Waals surface area contributed by atoms with Crippen molar-refractivity contribution < 1.29 is 13.6 Å². The summed E-state index contributed by atoms with van der Waals surface area (Å²) < 4.78 is 18.5. The summed E-state index contributed by atoms with van der Waals surface area (Å²) >= 11 is 0. The first-order valence-corrected chi connectivity index (χ1v) is 12.2. The van der Waals surface area contributed by atoms with E-state index in [9.17, 15) is 9.59 Å². The Hall–Kier alpha value is -5.36. The molecule has 1 aliphatic rings. The second-order valence-corrected chi connectivity index (χ2v) is 9.23. The predicted octanol–water partition coefficient (Wildman–Crippen LogP) is 7.78. The van der Waals surface area contributed by atoms with Gasteiger partial charge in [-0.2, -0.15) is 0 Å². The van der Waals surface area contributed by atoms with E-state index in [1.807, 2.05) is 71.6 Å². The number of fused-ring (bicyclic) bond motifs is 6. The minimum Gasteiger partial charge on any atom is -0.456 e. The van der Waals surface area contributed by atoms with Crippen LogP contribution >= 0.6 is 0 Å². The molecule has 0 aliphatic carbocycles. The highest BCUT2D eigenvalue weighted by Crippen LogP contribution is 2.51. The van der Waals surface area contributed by atoms with Gasteiger partial charge < -0.3 is 18.5 Å². The smallest absolute Gasteiger partial charge is 0.202 e. The van der Waals surface area contributed by atoms with Crippen LogP contribution in [0.5, 0.6) is 11.5 Å². The van der Waals surface area contributed by atoms with Gasteiger partial charge in [0.1, 0.15) is 22.3 Å². The SMILES string of the molecule is O=c1c2ccccc2oc2cc3c(=O)c4c(N5c6ccccc6Oc6ccccc65)cccc4oc3cc12. The molecule has 0 atom stereocenters.